The van der Waals surface area contributed by atoms with E-state index >= 15 is 0 Å². The van der Waals surface area contributed by atoms with Gasteiger partial charge in [0.2, 0.25) is 0 Å². The van der Waals surface area contributed by atoms with E-state index in [1.165, 1.54) is 11.1 Å². The minimum absolute atomic E-state index is 0.240. The first-order valence-electron chi connectivity index (χ1n) is 8.56. The number of rotatable bonds is 5. The first-order chi connectivity index (χ1) is 12.3. The molecule has 3 aromatic carbocycles. The summed E-state index contributed by atoms with van der Waals surface area (Å²) in [6, 6.07) is 29.8. The molecule has 0 aliphatic carbocycles. The second-order valence-corrected chi connectivity index (χ2v) is 7.29. The van der Waals surface area contributed by atoms with E-state index in [1.54, 1.807) is 0 Å². The number of hydrogen-bond donors (Lipinski definition) is 0. The van der Waals surface area contributed by atoms with Gasteiger partial charge >= 0.3 is 0 Å². The molecule has 126 valence electrons. The van der Waals surface area contributed by atoms with Crippen LogP contribution in [-0.2, 0) is 0 Å². The molecule has 2 nitrogen and oxygen atoms in total. The predicted octanol–water partition coefficient (Wildman–Crippen LogP) is 5.30. The number of hydrogen-bond acceptors (Lipinski definition) is 2. The molecule has 1 fully saturated rings. The molecule has 1 aliphatic rings. The van der Waals surface area contributed by atoms with Crippen LogP contribution in [0.3, 0.4) is 0 Å². The highest BCUT2D eigenvalue weighted by atomic mass is 79.9. The van der Waals surface area contributed by atoms with Crippen molar-refractivity contribution in [1.29, 1.82) is 0 Å². The molecule has 0 spiro atoms. The van der Waals surface area contributed by atoms with E-state index < -0.39 is 0 Å². The van der Waals surface area contributed by atoms with Crippen LogP contribution in [0.15, 0.2) is 89.4 Å². The topological polar surface area (TPSA) is 12.5 Å². The summed E-state index contributed by atoms with van der Waals surface area (Å²) in [6.07, 6.45) is 0.240. The van der Waals surface area contributed by atoms with Gasteiger partial charge in [0, 0.05) is 17.6 Å². The fraction of sp³-hybridized carbons (Fsp3) is 0.182. The number of benzene rings is 3. The van der Waals surface area contributed by atoms with Gasteiger partial charge in [-0.2, -0.15) is 0 Å². The van der Waals surface area contributed by atoms with Gasteiger partial charge in [0.1, 0.15) is 11.9 Å². The zero-order valence-corrected chi connectivity index (χ0v) is 15.5. The lowest BCUT2D eigenvalue weighted by Gasteiger charge is -2.44. The van der Waals surface area contributed by atoms with E-state index in [2.05, 4.69) is 81.5 Å². The largest absolute Gasteiger partial charge is 0.488 e. The van der Waals surface area contributed by atoms with Crippen LogP contribution in [0, 0.1) is 0 Å². The van der Waals surface area contributed by atoms with Gasteiger partial charge < -0.3 is 4.74 Å². The average Bonchev–Trinajstić information content (AvgIpc) is 2.62. The maximum absolute atomic E-state index is 6.11. The zero-order chi connectivity index (χ0) is 17.1. The van der Waals surface area contributed by atoms with Gasteiger partial charge in [-0.25, -0.2) is 0 Å². The van der Waals surface area contributed by atoms with Crippen LogP contribution < -0.4 is 4.74 Å². The van der Waals surface area contributed by atoms with E-state index in [-0.39, 0.29) is 12.1 Å². The molecule has 25 heavy (non-hydrogen) atoms. The SMILES string of the molecule is Brc1cccc(OC2CN(C(c3ccccc3)c3ccccc3)C2)c1. The second-order valence-electron chi connectivity index (χ2n) is 6.38. The van der Waals surface area contributed by atoms with Gasteiger partial charge in [0.25, 0.3) is 0 Å². The van der Waals surface area contributed by atoms with E-state index in [0.717, 1.165) is 23.3 Å². The summed E-state index contributed by atoms with van der Waals surface area (Å²) in [5.41, 5.74) is 2.66. The summed E-state index contributed by atoms with van der Waals surface area (Å²) in [7, 11) is 0. The monoisotopic (exact) mass is 393 g/mol. The first-order valence-corrected chi connectivity index (χ1v) is 9.35. The minimum atomic E-state index is 0.240. The van der Waals surface area contributed by atoms with Crippen LogP contribution in [0.2, 0.25) is 0 Å². The fourth-order valence-electron chi connectivity index (χ4n) is 3.37. The molecule has 0 amide bonds. The van der Waals surface area contributed by atoms with Gasteiger partial charge in [0.15, 0.2) is 0 Å². The molecule has 0 unspecified atom stereocenters. The molecule has 1 aliphatic heterocycles. The van der Waals surface area contributed by atoms with Crippen molar-refractivity contribution < 1.29 is 4.74 Å². The summed E-state index contributed by atoms with van der Waals surface area (Å²) in [5.74, 6) is 0.926. The molecule has 1 heterocycles. The summed E-state index contributed by atoms with van der Waals surface area (Å²) in [6.45, 7) is 1.86. The van der Waals surface area contributed by atoms with Crippen LogP contribution in [0.5, 0.6) is 5.75 Å². The van der Waals surface area contributed by atoms with Gasteiger partial charge in [0.05, 0.1) is 6.04 Å². The number of halogens is 1. The van der Waals surface area contributed by atoms with Crippen molar-refractivity contribution in [3.8, 4) is 5.75 Å². The second kappa shape index (κ2) is 7.42. The highest BCUT2D eigenvalue weighted by Gasteiger charge is 2.35. The number of likely N-dealkylation sites (tertiary alicyclic amines) is 1. The summed E-state index contributed by atoms with van der Waals surface area (Å²) < 4.78 is 7.16. The molecule has 3 aromatic rings. The van der Waals surface area contributed by atoms with E-state index in [1.807, 2.05) is 24.3 Å². The Hall–Kier alpha value is -2.10. The van der Waals surface area contributed by atoms with E-state index in [9.17, 15) is 0 Å². The van der Waals surface area contributed by atoms with E-state index in [4.69, 9.17) is 4.74 Å². The van der Waals surface area contributed by atoms with Crippen molar-refractivity contribution in [1.82, 2.24) is 4.90 Å². The zero-order valence-electron chi connectivity index (χ0n) is 13.9. The summed E-state index contributed by atoms with van der Waals surface area (Å²) in [4.78, 5) is 2.48. The van der Waals surface area contributed by atoms with Crippen molar-refractivity contribution >= 4 is 15.9 Å². The first kappa shape index (κ1) is 16.4. The Morgan fingerprint density at radius 2 is 1.40 bits per heavy atom. The maximum atomic E-state index is 6.11. The van der Waals surface area contributed by atoms with Crippen molar-refractivity contribution in [3.05, 3.63) is 101 Å². The predicted molar refractivity (Wildman–Crippen MR) is 105 cm³/mol. The Morgan fingerprint density at radius 3 is 1.96 bits per heavy atom. The number of nitrogens with zero attached hydrogens (tertiary/aromatic N) is 1. The normalized spacial score (nSPS) is 15.1. The third kappa shape index (κ3) is 3.78. The highest BCUT2D eigenvalue weighted by molar-refractivity contribution is 9.10. The van der Waals surface area contributed by atoms with Gasteiger partial charge in [-0.3, -0.25) is 4.90 Å². The maximum Gasteiger partial charge on any atom is 0.124 e. The molecule has 0 aromatic heterocycles. The van der Waals surface area contributed by atoms with Crippen molar-refractivity contribution in [2.24, 2.45) is 0 Å². The average molecular weight is 394 g/mol. The van der Waals surface area contributed by atoms with Crippen LogP contribution in [0.1, 0.15) is 17.2 Å². The Kier molecular flexibility index (Phi) is 4.86. The van der Waals surface area contributed by atoms with E-state index in [0.29, 0.717) is 0 Å². The van der Waals surface area contributed by atoms with Crippen LogP contribution in [0.4, 0.5) is 0 Å². The quantitative estimate of drug-likeness (QED) is 0.582. The summed E-state index contributed by atoms with van der Waals surface area (Å²) >= 11 is 3.50. The Labute approximate surface area is 157 Å². The van der Waals surface area contributed by atoms with Crippen molar-refractivity contribution in [2.45, 2.75) is 12.1 Å². The molecule has 0 bridgehead atoms. The molecule has 0 saturated carbocycles. The minimum Gasteiger partial charge on any atom is -0.488 e. The molecule has 0 N–H and O–H groups in total. The Morgan fingerprint density at radius 1 is 0.800 bits per heavy atom. The van der Waals surface area contributed by atoms with Crippen molar-refractivity contribution in [3.63, 3.8) is 0 Å². The molecule has 1 saturated heterocycles. The van der Waals surface area contributed by atoms with Crippen molar-refractivity contribution in [2.75, 3.05) is 13.1 Å². The molecular formula is C22H20BrNO. The summed E-state index contributed by atoms with van der Waals surface area (Å²) in [5, 5.41) is 0. The molecule has 4 rings (SSSR count). The van der Waals surface area contributed by atoms with Gasteiger partial charge in [-0.1, -0.05) is 82.7 Å². The van der Waals surface area contributed by atoms with Gasteiger partial charge in [-0.15, -0.1) is 0 Å². The van der Waals surface area contributed by atoms with Gasteiger partial charge in [-0.05, 0) is 29.3 Å². The lowest BCUT2D eigenvalue weighted by atomic mass is 9.94. The highest BCUT2D eigenvalue weighted by Crippen LogP contribution is 2.33. The number of ether oxygens (including phenoxy) is 1. The third-order valence-corrected chi connectivity index (χ3v) is 5.06. The lowest BCUT2D eigenvalue weighted by Crippen LogP contribution is -2.55. The molecule has 0 atom stereocenters. The standard InChI is InChI=1S/C22H20BrNO/c23-19-12-7-13-20(14-19)25-21-15-24(16-21)22(17-8-3-1-4-9-17)18-10-5-2-6-11-18/h1-14,21-22H,15-16H2. The van der Waals surface area contributed by atoms with Crippen LogP contribution in [-0.4, -0.2) is 24.1 Å². The lowest BCUT2D eigenvalue weighted by molar-refractivity contribution is 0.000261. The Balaban J connectivity index is 1.49. The molecule has 3 heteroatoms. The van der Waals surface area contributed by atoms with Crippen LogP contribution in [0.25, 0.3) is 0 Å². The molecular weight excluding hydrogens is 374 g/mol. The molecule has 0 radical (unpaired) electrons. The van der Waals surface area contributed by atoms with Crippen LogP contribution >= 0.6 is 15.9 Å². The fourth-order valence-corrected chi connectivity index (χ4v) is 3.75. The third-order valence-electron chi connectivity index (χ3n) is 4.57. The smallest absolute Gasteiger partial charge is 0.124 e. The Bertz CT molecular complexity index is 776.